The van der Waals surface area contributed by atoms with Crippen molar-refractivity contribution in [1.82, 2.24) is 19.8 Å². The molecule has 1 aliphatic rings. The summed E-state index contributed by atoms with van der Waals surface area (Å²) in [7, 11) is 1.42. The van der Waals surface area contributed by atoms with Crippen LogP contribution in [0.25, 0.3) is 5.69 Å². The van der Waals surface area contributed by atoms with Gasteiger partial charge in [0.2, 0.25) is 0 Å². The van der Waals surface area contributed by atoms with E-state index in [4.69, 9.17) is 17.0 Å². The number of nitrogens with zero attached hydrogens (tertiary/aromatic N) is 3. The summed E-state index contributed by atoms with van der Waals surface area (Å²) in [6, 6.07) is 16.6. The third-order valence-corrected chi connectivity index (χ3v) is 6.61. The maximum Gasteiger partial charge on any atom is 0.305 e. The summed E-state index contributed by atoms with van der Waals surface area (Å²) >= 11 is 5.76. The molecule has 0 bridgehead atoms. The zero-order chi connectivity index (χ0) is 23.5. The fourth-order valence-electron chi connectivity index (χ4n) is 4.73. The van der Waals surface area contributed by atoms with Crippen LogP contribution in [-0.4, -0.2) is 39.2 Å². The number of carbonyl (C=O) groups is 1. The molecule has 1 fully saturated rings. The van der Waals surface area contributed by atoms with Crippen LogP contribution in [0.1, 0.15) is 53.1 Å². The molecule has 6 nitrogen and oxygen atoms in total. The van der Waals surface area contributed by atoms with Gasteiger partial charge in [0.25, 0.3) is 0 Å². The van der Waals surface area contributed by atoms with Crippen molar-refractivity contribution in [2.24, 2.45) is 0 Å². The summed E-state index contributed by atoms with van der Waals surface area (Å²) in [6.45, 7) is 7.06. The second-order valence-electron chi connectivity index (χ2n) is 8.50. The molecule has 1 aliphatic heterocycles. The van der Waals surface area contributed by atoms with Gasteiger partial charge in [-0.05, 0) is 80.9 Å². The average Bonchev–Trinajstić information content (AvgIpc) is 3.29. The van der Waals surface area contributed by atoms with Crippen LogP contribution in [-0.2, 0) is 9.53 Å². The van der Waals surface area contributed by atoms with Crippen molar-refractivity contribution in [2.75, 3.05) is 13.7 Å². The van der Waals surface area contributed by atoms with E-state index in [2.05, 4.69) is 70.9 Å². The van der Waals surface area contributed by atoms with Crippen LogP contribution >= 0.6 is 12.2 Å². The summed E-state index contributed by atoms with van der Waals surface area (Å²) in [4.78, 5) is 18.5. The molecule has 2 atom stereocenters. The monoisotopic (exact) mass is 462 g/mol. The van der Waals surface area contributed by atoms with Gasteiger partial charge in [-0.3, -0.25) is 9.78 Å². The van der Waals surface area contributed by atoms with Crippen LogP contribution in [0.5, 0.6) is 0 Å². The predicted octanol–water partition coefficient (Wildman–Crippen LogP) is 4.72. The Bertz CT molecular complexity index is 1160. The molecule has 0 radical (unpaired) electrons. The molecule has 0 aliphatic carbocycles. The number of thiocarbonyl (C=S) groups is 1. The van der Waals surface area contributed by atoms with Crippen molar-refractivity contribution in [3.05, 3.63) is 82.9 Å². The van der Waals surface area contributed by atoms with Gasteiger partial charge < -0.3 is 19.5 Å². The maximum atomic E-state index is 11.7. The van der Waals surface area contributed by atoms with Gasteiger partial charge in [-0.1, -0.05) is 18.2 Å². The van der Waals surface area contributed by atoms with Crippen molar-refractivity contribution >= 4 is 23.3 Å². The fourth-order valence-corrected chi connectivity index (χ4v) is 5.06. The Balaban J connectivity index is 1.75. The molecule has 0 unspecified atom stereocenters. The Hall–Kier alpha value is -3.19. The Morgan fingerprint density at radius 2 is 1.97 bits per heavy atom. The van der Waals surface area contributed by atoms with E-state index in [0.29, 0.717) is 24.5 Å². The van der Waals surface area contributed by atoms with Crippen molar-refractivity contribution < 1.29 is 9.53 Å². The van der Waals surface area contributed by atoms with Crippen molar-refractivity contribution in [3.63, 3.8) is 0 Å². The zero-order valence-electron chi connectivity index (χ0n) is 19.5. The first-order valence-corrected chi connectivity index (χ1v) is 11.6. The first kappa shape index (κ1) is 23.0. The summed E-state index contributed by atoms with van der Waals surface area (Å²) in [5, 5.41) is 4.18. The first-order chi connectivity index (χ1) is 15.9. The Morgan fingerprint density at radius 3 is 2.67 bits per heavy atom. The Kier molecular flexibility index (Phi) is 6.79. The smallest absolute Gasteiger partial charge is 0.305 e. The summed E-state index contributed by atoms with van der Waals surface area (Å²) in [6.07, 6.45) is 2.84. The molecule has 172 valence electrons. The molecule has 0 amide bonds. The SMILES string of the molecule is COC(=O)CCCN1C(=S)N[C@@H](c2ccccn2)[C@H]1c1cc(C)n(-c2cccc(C)c2)c1C. The number of benzene rings is 1. The zero-order valence-corrected chi connectivity index (χ0v) is 20.4. The van der Waals surface area contributed by atoms with E-state index in [0.717, 1.165) is 11.4 Å². The van der Waals surface area contributed by atoms with E-state index in [1.807, 2.05) is 24.4 Å². The quantitative estimate of drug-likeness (QED) is 0.405. The van der Waals surface area contributed by atoms with Crippen molar-refractivity contribution in [2.45, 2.75) is 45.7 Å². The van der Waals surface area contributed by atoms with Crippen LogP contribution in [0, 0.1) is 20.8 Å². The highest BCUT2D eigenvalue weighted by Crippen LogP contribution is 2.41. The molecule has 3 heterocycles. The number of aryl methyl sites for hydroxylation is 2. The number of ether oxygens (including phenoxy) is 1. The predicted molar refractivity (Wildman–Crippen MR) is 133 cm³/mol. The van der Waals surface area contributed by atoms with Crippen molar-refractivity contribution in [1.29, 1.82) is 0 Å². The lowest BCUT2D eigenvalue weighted by molar-refractivity contribution is -0.140. The average molecular weight is 463 g/mol. The van der Waals surface area contributed by atoms with Crippen molar-refractivity contribution in [3.8, 4) is 5.69 Å². The summed E-state index contributed by atoms with van der Waals surface area (Å²) in [5.74, 6) is -0.205. The highest BCUT2D eigenvalue weighted by molar-refractivity contribution is 7.80. The van der Waals surface area contributed by atoms with E-state index in [1.165, 1.54) is 29.6 Å². The molecule has 1 N–H and O–H groups in total. The largest absolute Gasteiger partial charge is 0.469 e. The van der Waals surface area contributed by atoms with Crippen LogP contribution in [0.15, 0.2) is 54.7 Å². The minimum Gasteiger partial charge on any atom is -0.469 e. The molecule has 0 spiro atoms. The number of methoxy groups -OCH3 is 1. The minimum absolute atomic E-state index is 0.0326. The van der Waals surface area contributed by atoms with E-state index in [9.17, 15) is 4.79 Å². The molecule has 1 aromatic carbocycles. The third-order valence-electron chi connectivity index (χ3n) is 6.25. The number of hydrogen-bond donors (Lipinski definition) is 1. The molecule has 33 heavy (non-hydrogen) atoms. The van der Waals surface area contributed by atoms with Crippen LogP contribution in [0.2, 0.25) is 0 Å². The van der Waals surface area contributed by atoms with Gasteiger partial charge in [0, 0.05) is 36.2 Å². The highest BCUT2D eigenvalue weighted by atomic mass is 32.1. The Labute approximate surface area is 200 Å². The van der Waals surface area contributed by atoms with Gasteiger partial charge in [-0.2, -0.15) is 0 Å². The maximum absolute atomic E-state index is 11.7. The fraction of sp³-hybridized carbons (Fsp3) is 0.346. The number of pyridine rings is 1. The van der Waals surface area contributed by atoms with Crippen LogP contribution < -0.4 is 5.32 Å². The van der Waals surface area contributed by atoms with Gasteiger partial charge in [0.1, 0.15) is 0 Å². The van der Waals surface area contributed by atoms with E-state index in [-0.39, 0.29) is 18.1 Å². The van der Waals surface area contributed by atoms with Gasteiger partial charge in [-0.15, -0.1) is 0 Å². The van der Waals surface area contributed by atoms with Crippen LogP contribution in [0.3, 0.4) is 0 Å². The second-order valence-corrected chi connectivity index (χ2v) is 8.89. The summed E-state index contributed by atoms with van der Waals surface area (Å²) < 4.78 is 7.12. The van der Waals surface area contributed by atoms with E-state index >= 15 is 0 Å². The number of rotatable bonds is 7. The number of hydrogen-bond acceptors (Lipinski definition) is 4. The molecule has 7 heteroatoms. The highest BCUT2D eigenvalue weighted by Gasteiger charge is 2.41. The number of carbonyl (C=O) groups excluding carboxylic acids is 1. The number of aromatic nitrogens is 2. The normalized spacial score (nSPS) is 17.8. The lowest BCUT2D eigenvalue weighted by atomic mass is 9.96. The molecule has 2 aromatic heterocycles. The van der Waals surface area contributed by atoms with Gasteiger partial charge >= 0.3 is 5.97 Å². The van der Waals surface area contributed by atoms with E-state index in [1.54, 1.807) is 0 Å². The third kappa shape index (κ3) is 4.64. The number of esters is 1. The van der Waals surface area contributed by atoms with E-state index < -0.39 is 0 Å². The van der Waals surface area contributed by atoms with Gasteiger partial charge in [-0.25, -0.2) is 0 Å². The standard InChI is InChI=1S/C26H30N4O2S/c1-17-9-7-10-20(15-17)30-18(2)16-21(19(30)3)25-24(22-11-5-6-13-27-22)28-26(33)29(25)14-8-12-23(31)32-4/h5-7,9-11,13,15-16,24-25H,8,12,14H2,1-4H3,(H,28,33)/t24-,25+/m0/s1. The summed E-state index contributed by atoms with van der Waals surface area (Å²) in [5.41, 5.74) is 6.86. The van der Waals surface area contributed by atoms with Gasteiger partial charge in [0.15, 0.2) is 5.11 Å². The molecule has 1 saturated heterocycles. The second kappa shape index (κ2) is 9.75. The Morgan fingerprint density at radius 1 is 1.15 bits per heavy atom. The topological polar surface area (TPSA) is 59.4 Å². The first-order valence-electron chi connectivity index (χ1n) is 11.2. The van der Waals surface area contributed by atoms with Crippen LogP contribution in [0.4, 0.5) is 0 Å². The molecule has 4 rings (SSSR count). The molecular formula is C26H30N4O2S. The molecular weight excluding hydrogens is 432 g/mol. The lowest BCUT2D eigenvalue weighted by Crippen LogP contribution is -2.31. The molecule has 3 aromatic rings. The molecule has 0 saturated carbocycles. The minimum atomic E-state index is -0.205. The van der Waals surface area contributed by atoms with Gasteiger partial charge in [0.05, 0.1) is 24.9 Å². The number of nitrogens with one attached hydrogen (secondary N) is 1. The lowest BCUT2D eigenvalue weighted by Gasteiger charge is -2.28.